The number of hydrogen-bond acceptors (Lipinski definition) is 8. The first kappa shape index (κ1) is 26.2. The van der Waals surface area contributed by atoms with E-state index in [0.717, 1.165) is 17.3 Å². The summed E-state index contributed by atoms with van der Waals surface area (Å²) in [4.78, 5) is 15.9. The molecule has 40 heavy (non-hydrogen) atoms. The van der Waals surface area contributed by atoms with Crippen LogP contribution in [0.3, 0.4) is 0 Å². The number of phenolic OH excluding ortho intramolecular Hbond substituents is 1. The van der Waals surface area contributed by atoms with Gasteiger partial charge >= 0.3 is 6.09 Å². The van der Waals surface area contributed by atoms with E-state index in [-0.39, 0.29) is 36.8 Å². The minimum absolute atomic E-state index is 0.0384. The van der Waals surface area contributed by atoms with Crippen LogP contribution in [-0.2, 0) is 17.7 Å². The molecule has 6 rings (SSSR count). The number of nitrogens with one attached hydrogen (secondary N) is 1. The molecule has 2 N–H and O–H groups in total. The lowest BCUT2D eigenvalue weighted by Crippen LogP contribution is -2.57. The molecule has 0 spiro atoms. The van der Waals surface area contributed by atoms with Crippen molar-refractivity contribution in [3.8, 4) is 17.0 Å². The van der Waals surface area contributed by atoms with E-state index in [1.807, 2.05) is 25.5 Å². The molecule has 1 amide bonds. The van der Waals surface area contributed by atoms with Crippen LogP contribution in [-0.4, -0.2) is 73.3 Å². The maximum Gasteiger partial charge on any atom is 0.410 e. The fraction of sp³-hybridized carbons (Fsp3) is 0.481. The molecule has 0 saturated carbocycles. The minimum Gasteiger partial charge on any atom is -0.504 e. The predicted molar refractivity (Wildman–Crippen MR) is 140 cm³/mol. The largest absolute Gasteiger partial charge is 0.504 e. The Morgan fingerprint density at radius 1 is 1.27 bits per heavy atom. The molecule has 212 valence electrons. The number of halogens is 3. The Bertz CT molecular complexity index is 1470. The van der Waals surface area contributed by atoms with Crippen molar-refractivity contribution in [3.05, 3.63) is 47.5 Å². The van der Waals surface area contributed by atoms with Gasteiger partial charge < -0.3 is 25.0 Å². The number of carbonyl (C=O) groups excluding carboxylic acids is 1. The lowest BCUT2D eigenvalue weighted by molar-refractivity contribution is 0.0221. The number of alkyl halides is 2. The number of benzene rings is 1. The monoisotopic (exact) mass is 557 g/mol. The molecule has 0 bridgehead atoms. The quantitative estimate of drug-likeness (QED) is 0.489. The van der Waals surface area contributed by atoms with Crippen LogP contribution < -0.4 is 10.2 Å². The van der Waals surface area contributed by atoms with Gasteiger partial charge in [-0.25, -0.2) is 18.0 Å². The third-order valence-corrected chi connectivity index (χ3v) is 7.78. The van der Waals surface area contributed by atoms with Crippen LogP contribution in [0.25, 0.3) is 11.3 Å². The number of nitrogens with zero attached hydrogens (tertiary/aromatic N) is 6. The molecule has 1 saturated heterocycles. The number of hydrogen-bond donors (Lipinski definition) is 2. The molecule has 0 unspecified atom stereocenters. The van der Waals surface area contributed by atoms with Crippen LogP contribution in [0.15, 0.2) is 30.5 Å². The van der Waals surface area contributed by atoms with Crippen LogP contribution >= 0.6 is 0 Å². The first-order chi connectivity index (χ1) is 19.0. The van der Waals surface area contributed by atoms with Gasteiger partial charge in [-0.05, 0) is 39.0 Å². The van der Waals surface area contributed by atoms with Gasteiger partial charge in [-0.1, -0.05) is 6.07 Å². The van der Waals surface area contributed by atoms with Gasteiger partial charge in [0, 0.05) is 49.3 Å². The highest BCUT2D eigenvalue weighted by Crippen LogP contribution is 2.49. The van der Waals surface area contributed by atoms with Gasteiger partial charge in [0.05, 0.1) is 30.2 Å². The van der Waals surface area contributed by atoms with Crippen LogP contribution in [0.2, 0.25) is 0 Å². The van der Waals surface area contributed by atoms with Gasteiger partial charge in [-0.15, -0.1) is 10.2 Å². The summed E-state index contributed by atoms with van der Waals surface area (Å²) in [6, 6.07) is 5.24. The molecule has 0 aliphatic carbocycles. The zero-order valence-electron chi connectivity index (χ0n) is 22.4. The number of ether oxygens (including phenoxy) is 1. The number of anilines is 2. The standard InChI is InChI=1S/C27H30F3N7O3/c1-26(2,3)40-25(39)35-8-7-20-15(12-35)11-32-37(20)16-10-27(24(29)30)14-31-23-21(36(27)13-16)9-19(33-34-23)17-5-4-6-18(28)22(17)38/h4-6,9,11,16,24,38H,7-8,10,12-14H2,1-3H3,(H,31,34)/t16-,27-/m1/s1. The Balaban J connectivity index is 1.31. The van der Waals surface area contributed by atoms with Crippen molar-refractivity contribution in [2.75, 3.05) is 29.9 Å². The summed E-state index contributed by atoms with van der Waals surface area (Å²) in [6.07, 6.45) is -0.739. The number of rotatable bonds is 3. The van der Waals surface area contributed by atoms with Crippen molar-refractivity contribution in [3.63, 3.8) is 0 Å². The molecular formula is C27H30F3N7O3. The van der Waals surface area contributed by atoms with Crippen LogP contribution in [0.5, 0.6) is 5.75 Å². The van der Waals surface area contributed by atoms with Crippen molar-refractivity contribution in [2.45, 2.75) is 63.8 Å². The Kier molecular flexibility index (Phi) is 6.07. The van der Waals surface area contributed by atoms with E-state index in [1.165, 1.54) is 12.1 Å². The van der Waals surface area contributed by atoms with Crippen LogP contribution in [0, 0.1) is 5.82 Å². The second kappa shape index (κ2) is 9.27. The van der Waals surface area contributed by atoms with Crippen molar-refractivity contribution in [2.24, 2.45) is 0 Å². The topological polar surface area (TPSA) is 109 Å². The fourth-order valence-corrected chi connectivity index (χ4v) is 5.89. The van der Waals surface area contributed by atoms with Gasteiger partial charge in [0.15, 0.2) is 17.4 Å². The Morgan fingerprint density at radius 2 is 2.08 bits per heavy atom. The molecule has 1 fully saturated rings. The second-order valence-electron chi connectivity index (χ2n) is 11.5. The number of amides is 1. The molecule has 3 aromatic rings. The lowest BCUT2D eigenvalue weighted by Gasteiger charge is -2.43. The predicted octanol–water partition coefficient (Wildman–Crippen LogP) is 4.36. The summed E-state index contributed by atoms with van der Waals surface area (Å²) in [6.45, 7) is 6.41. The van der Waals surface area contributed by atoms with E-state index >= 15 is 0 Å². The van der Waals surface area contributed by atoms with E-state index in [0.29, 0.717) is 31.0 Å². The van der Waals surface area contributed by atoms with Crippen molar-refractivity contribution < 1.29 is 27.8 Å². The third-order valence-electron chi connectivity index (χ3n) is 7.78. The Labute approximate surface area is 228 Å². The highest BCUT2D eigenvalue weighted by atomic mass is 19.3. The summed E-state index contributed by atoms with van der Waals surface area (Å²) in [5.41, 5.74) is 0.334. The fourth-order valence-electron chi connectivity index (χ4n) is 5.89. The SMILES string of the molecule is CC(C)(C)OC(=O)N1CCc2c(cnn2[C@H]2CN3c4cc(-c5cccc(F)c5O)nnc4NC[C@@]3(C(F)F)C2)C1. The number of phenols is 1. The van der Waals surface area contributed by atoms with Gasteiger partial charge in [0.1, 0.15) is 11.1 Å². The zero-order chi connectivity index (χ0) is 28.4. The average molecular weight is 558 g/mol. The Hall–Kier alpha value is -4.03. The normalized spacial score (nSPS) is 22.0. The summed E-state index contributed by atoms with van der Waals surface area (Å²) in [7, 11) is 0. The number of para-hydroxylation sites is 1. The molecular weight excluding hydrogens is 527 g/mol. The highest BCUT2D eigenvalue weighted by Gasteiger charge is 2.56. The molecule has 13 heteroatoms. The minimum atomic E-state index is -2.69. The molecule has 3 aliphatic heterocycles. The van der Waals surface area contributed by atoms with Gasteiger partial charge in [0.2, 0.25) is 0 Å². The molecule has 5 heterocycles. The molecule has 2 atom stereocenters. The van der Waals surface area contributed by atoms with Crippen LogP contribution in [0.4, 0.5) is 29.5 Å². The number of fused-ring (bicyclic) bond motifs is 4. The summed E-state index contributed by atoms with van der Waals surface area (Å²) >= 11 is 0. The van der Waals surface area contributed by atoms with Crippen LogP contribution in [0.1, 0.15) is 44.5 Å². The average Bonchev–Trinajstić information content (AvgIpc) is 3.51. The highest BCUT2D eigenvalue weighted by molar-refractivity contribution is 5.77. The van der Waals surface area contributed by atoms with Crippen molar-refractivity contribution >= 4 is 17.6 Å². The second-order valence-corrected chi connectivity index (χ2v) is 11.5. The van der Waals surface area contributed by atoms with Gasteiger partial charge in [-0.3, -0.25) is 4.68 Å². The van der Waals surface area contributed by atoms with E-state index in [1.54, 1.807) is 22.1 Å². The van der Waals surface area contributed by atoms with E-state index in [9.17, 15) is 23.1 Å². The third kappa shape index (κ3) is 4.27. The van der Waals surface area contributed by atoms with Gasteiger partial charge in [0.25, 0.3) is 6.43 Å². The number of carbonyl (C=O) groups is 1. The zero-order valence-corrected chi connectivity index (χ0v) is 22.4. The Morgan fingerprint density at radius 3 is 2.83 bits per heavy atom. The van der Waals surface area contributed by atoms with Crippen molar-refractivity contribution in [1.29, 1.82) is 0 Å². The molecule has 3 aliphatic rings. The summed E-state index contributed by atoms with van der Waals surface area (Å²) in [5.74, 6) is -1.05. The summed E-state index contributed by atoms with van der Waals surface area (Å²) < 4.78 is 51.0. The van der Waals surface area contributed by atoms with E-state index < -0.39 is 35.2 Å². The number of aromatic hydroxyl groups is 1. The molecule has 1 aromatic carbocycles. The number of aromatic nitrogens is 4. The summed E-state index contributed by atoms with van der Waals surface area (Å²) in [5, 5.41) is 26.1. The lowest BCUT2D eigenvalue weighted by atomic mass is 9.92. The molecule has 0 radical (unpaired) electrons. The maximum atomic E-state index is 14.8. The first-order valence-electron chi connectivity index (χ1n) is 13.2. The van der Waals surface area contributed by atoms with Gasteiger partial charge in [-0.2, -0.15) is 5.10 Å². The van der Waals surface area contributed by atoms with Crippen molar-refractivity contribution in [1.82, 2.24) is 24.9 Å². The first-order valence-corrected chi connectivity index (χ1v) is 13.2. The molecule has 2 aromatic heterocycles. The van der Waals surface area contributed by atoms with E-state index in [2.05, 4.69) is 20.6 Å². The smallest absolute Gasteiger partial charge is 0.410 e. The van der Waals surface area contributed by atoms with E-state index in [4.69, 9.17) is 4.74 Å². The maximum absolute atomic E-state index is 14.8. The molecule has 10 nitrogen and oxygen atoms in total.